The second-order valence-electron chi connectivity index (χ2n) is 5.38. The van der Waals surface area contributed by atoms with Gasteiger partial charge in [0.1, 0.15) is 0 Å². The molecule has 92 valence electrons. The maximum Gasteiger partial charge on any atom is 0.0292 e. The third kappa shape index (κ3) is 2.12. The Morgan fingerprint density at radius 2 is 1.71 bits per heavy atom. The van der Waals surface area contributed by atoms with Crippen LogP contribution in [0.5, 0.6) is 0 Å². The van der Waals surface area contributed by atoms with Crippen molar-refractivity contribution in [2.45, 2.75) is 37.8 Å². The molecule has 1 aromatic carbocycles. The van der Waals surface area contributed by atoms with E-state index < -0.39 is 0 Å². The van der Waals surface area contributed by atoms with Crippen LogP contribution in [0.4, 0.5) is 0 Å². The molecule has 0 spiro atoms. The Balaban J connectivity index is 1.84. The Hall–Kier alpha value is -0.860. The van der Waals surface area contributed by atoms with Crippen molar-refractivity contribution in [2.75, 3.05) is 20.1 Å². The van der Waals surface area contributed by atoms with Crippen molar-refractivity contribution in [1.82, 2.24) is 10.2 Å². The van der Waals surface area contributed by atoms with Gasteiger partial charge < -0.3 is 5.32 Å². The average Bonchev–Trinajstić information content (AvgIpc) is 2.91. The lowest BCUT2D eigenvalue weighted by Gasteiger charge is -2.38. The fourth-order valence-electron chi connectivity index (χ4n) is 3.45. The fourth-order valence-corrected chi connectivity index (χ4v) is 3.45. The fraction of sp³-hybridized carbons (Fsp3) is 0.600. The quantitative estimate of drug-likeness (QED) is 0.834. The van der Waals surface area contributed by atoms with Crippen molar-refractivity contribution in [3.05, 3.63) is 35.4 Å². The van der Waals surface area contributed by atoms with Crippen molar-refractivity contribution in [3.63, 3.8) is 0 Å². The summed E-state index contributed by atoms with van der Waals surface area (Å²) in [5.41, 5.74) is 3.11. The molecular formula is C15H22N2. The van der Waals surface area contributed by atoms with E-state index in [2.05, 4.69) is 41.5 Å². The third-order valence-electron chi connectivity index (χ3n) is 4.43. The van der Waals surface area contributed by atoms with Gasteiger partial charge in [0.25, 0.3) is 0 Å². The lowest BCUT2D eigenvalue weighted by atomic mass is 9.84. The molecule has 17 heavy (non-hydrogen) atoms. The minimum atomic E-state index is 0.628. The Morgan fingerprint density at radius 1 is 1.06 bits per heavy atom. The number of likely N-dealkylation sites (N-methyl/N-ethyl adjacent to an activating group) is 1. The molecule has 2 atom stereocenters. The van der Waals surface area contributed by atoms with E-state index in [1.165, 1.54) is 38.8 Å². The SMILES string of the molecule is CNC1Cc2ccccc2CC1N1CCCC1. The molecule has 1 saturated heterocycles. The van der Waals surface area contributed by atoms with Crippen molar-refractivity contribution < 1.29 is 0 Å². The second kappa shape index (κ2) is 4.79. The predicted octanol–water partition coefficient (Wildman–Crippen LogP) is 1.84. The minimum Gasteiger partial charge on any atom is -0.315 e. The Labute approximate surface area is 104 Å². The first-order valence-corrected chi connectivity index (χ1v) is 6.86. The predicted molar refractivity (Wildman–Crippen MR) is 71.3 cm³/mol. The van der Waals surface area contributed by atoms with E-state index in [-0.39, 0.29) is 0 Å². The highest BCUT2D eigenvalue weighted by atomic mass is 15.2. The van der Waals surface area contributed by atoms with Gasteiger partial charge in [0, 0.05) is 12.1 Å². The van der Waals surface area contributed by atoms with Crippen LogP contribution in [0, 0.1) is 0 Å². The highest BCUT2D eigenvalue weighted by Gasteiger charge is 2.32. The molecule has 0 amide bonds. The van der Waals surface area contributed by atoms with E-state index in [1.54, 1.807) is 11.1 Å². The van der Waals surface area contributed by atoms with Gasteiger partial charge in [-0.15, -0.1) is 0 Å². The maximum absolute atomic E-state index is 3.53. The molecule has 1 aromatic rings. The van der Waals surface area contributed by atoms with Gasteiger partial charge in [-0.05, 0) is 56.9 Å². The van der Waals surface area contributed by atoms with Crippen LogP contribution in [-0.4, -0.2) is 37.1 Å². The van der Waals surface area contributed by atoms with Crippen molar-refractivity contribution in [3.8, 4) is 0 Å². The zero-order valence-electron chi connectivity index (χ0n) is 10.7. The molecule has 0 bridgehead atoms. The molecule has 1 fully saturated rings. The van der Waals surface area contributed by atoms with E-state index in [9.17, 15) is 0 Å². The topological polar surface area (TPSA) is 15.3 Å². The molecule has 3 rings (SSSR count). The first-order valence-electron chi connectivity index (χ1n) is 6.86. The molecule has 0 radical (unpaired) electrons. The normalized spacial score (nSPS) is 29.2. The van der Waals surface area contributed by atoms with Crippen LogP contribution < -0.4 is 5.32 Å². The average molecular weight is 230 g/mol. The van der Waals surface area contributed by atoms with Crippen LogP contribution in [0.2, 0.25) is 0 Å². The first-order chi connectivity index (χ1) is 8.38. The van der Waals surface area contributed by atoms with E-state index in [0.717, 1.165) is 0 Å². The van der Waals surface area contributed by atoms with Crippen LogP contribution >= 0.6 is 0 Å². The Kier molecular flexibility index (Phi) is 3.17. The van der Waals surface area contributed by atoms with Gasteiger partial charge in [0.2, 0.25) is 0 Å². The largest absolute Gasteiger partial charge is 0.315 e. The summed E-state index contributed by atoms with van der Waals surface area (Å²) in [5, 5.41) is 3.53. The Bertz CT molecular complexity index is 382. The summed E-state index contributed by atoms with van der Waals surface area (Å²) in [6.07, 6.45) is 5.18. The summed E-state index contributed by atoms with van der Waals surface area (Å²) in [6.45, 7) is 2.59. The first kappa shape index (κ1) is 11.2. The number of rotatable bonds is 2. The van der Waals surface area contributed by atoms with Gasteiger partial charge in [-0.3, -0.25) is 4.90 Å². The number of benzene rings is 1. The lowest BCUT2D eigenvalue weighted by molar-refractivity contribution is 0.185. The zero-order valence-corrected chi connectivity index (χ0v) is 10.7. The number of hydrogen-bond acceptors (Lipinski definition) is 2. The Morgan fingerprint density at radius 3 is 2.35 bits per heavy atom. The van der Waals surface area contributed by atoms with Gasteiger partial charge in [0.15, 0.2) is 0 Å². The molecule has 1 aliphatic heterocycles. The molecule has 1 N–H and O–H groups in total. The molecule has 1 heterocycles. The van der Waals surface area contributed by atoms with Crippen LogP contribution in [0.3, 0.4) is 0 Å². The molecule has 0 aromatic heterocycles. The van der Waals surface area contributed by atoms with Gasteiger partial charge in [-0.25, -0.2) is 0 Å². The van der Waals surface area contributed by atoms with Crippen LogP contribution in [0.1, 0.15) is 24.0 Å². The van der Waals surface area contributed by atoms with Gasteiger partial charge in [-0.1, -0.05) is 24.3 Å². The van der Waals surface area contributed by atoms with Gasteiger partial charge in [0.05, 0.1) is 0 Å². The van der Waals surface area contributed by atoms with Crippen molar-refractivity contribution in [2.24, 2.45) is 0 Å². The number of likely N-dealkylation sites (tertiary alicyclic amines) is 1. The summed E-state index contributed by atoms with van der Waals surface area (Å²) < 4.78 is 0. The molecular weight excluding hydrogens is 208 g/mol. The van der Waals surface area contributed by atoms with Crippen LogP contribution in [-0.2, 0) is 12.8 Å². The number of fused-ring (bicyclic) bond motifs is 1. The van der Waals surface area contributed by atoms with Crippen molar-refractivity contribution >= 4 is 0 Å². The second-order valence-corrected chi connectivity index (χ2v) is 5.38. The molecule has 0 saturated carbocycles. The van der Waals surface area contributed by atoms with Crippen molar-refractivity contribution in [1.29, 1.82) is 0 Å². The van der Waals surface area contributed by atoms with E-state index >= 15 is 0 Å². The van der Waals surface area contributed by atoms with E-state index in [4.69, 9.17) is 0 Å². The summed E-state index contributed by atoms with van der Waals surface area (Å²) >= 11 is 0. The number of nitrogens with one attached hydrogen (secondary N) is 1. The number of hydrogen-bond donors (Lipinski definition) is 1. The molecule has 2 unspecified atom stereocenters. The lowest BCUT2D eigenvalue weighted by Crippen LogP contribution is -2.52. The third-order valence-corrected chi connectivity index (χ3v) is 4.43. The highest BCUT2D eigenvalue weighted by molar-refractivity contribution is 5.32. The maximum atomic E-state index is 3.53. The van der Waals surface area contributed by atoms with Crippen LogP contribution in [0.25, 0.3) is 0 Å². The molecule has 2 aliphatic rings. The minimum absolute atomic E-state index is 0.628. The smallest absolute Gasteiger partial charge is 0.0292 e. The van der Waals surface area contributed by atoms with Gasteiger partial charge >= 0.3 is 0 Å². The van der Waals surface area contributed by atoms with E-state index in [1.807, 2.05) is 0 Å². The van der Waals surface area contributed by atoms with E-state index in [0.29, 0.717) is 12.1 Å². The highest BCUT2D eigenvalue weighted by Crippen LogP contribution is 2.26. The summed E-state index contributed by atoms with van der Waals surface area (Å²) in [6, 6.07) is 10.3. The summed E-state index contributed by atoms with van der Waals surface area (Å²) in [5.74, 6) is 0. The zero-order chi connectivity index (χ0) is 11.7. The molecule has 2 heteroatoms. The number of nitrogens with zero attached hydrogens (tertiary/aromatic N) is 1. The summed E-state index contributed by atoms with van der Waals surface area (Å²) in [4.78, 5) is 2.69. The molecule has 2 nitrogen and oxygen atoms in total. The van der Waals surface area contributed by atoms with Crippen LogP contribution in [0.15, 0.2) is 24.3 Å². The monoisotopic (exact) mass is 230 g/mol. The molecule has 1 aliphatic carbocycles. The summed E-state index contributed by atoms with van der Waals surface area (Å²) in [7, 11) is 2.11. The van der Waals surface area contributed by atoms with Gasteiger partial charge in [-0.2, -0.15) is 0 Å². The standard InChI is InChI=1S/C15H22N2/c1-16-14-10-12-6-2-3-7-13(12)11-15(14)17-8-4-5-9-17/h2-3,6-7,14-16H,4-5,8-11H2,1H3.